The van der Waals surface area contributed by atoms with Crippen LogP contribution in [0.2, 0.25) is 0 Å². The fourth-order valence-corrected chi connectivity index (χ4v) is 2.25. The molecule has 3 N–H and O–H groups in total. The quantitative estimate of drug-likeness (QED) is 0.651. The first kappa shape index (κ1) is 14.5. The lowest BCUT2D eigenvalue weighted by atomic mass is 9.98. The highest BCUT2D eigenvalue weighted by Gasteiger charge is 2.13. The van der Waals surface area contributed by atoms with Gasteiger partial charge < -0.3 is 4.74 Å². The van der Waals surface area contributed by atoms with Crippen molar-refractivity contribution < 1.29 is 9.13 Å². The minimum atomic E-state index is -0.380. The van der Waals surface area contributed by atoms with Crippen molar-refractivity contribution in [3.8, 4) is 5.75 Å². The van der Waals surface area contributed by atoms with Crippen LogP contribution < -0.4 is 16.0 Å². The largest absolute Gasteiger partial charge is 0.494 e. The van der Waals surface area contributed by atoms with Crippen molar-refractivity contribution >= 4 is 0 Å². The molecule has 106 valence electrons. The zero-order chi connectivity index (χ0) is 14.5. The Hall–Kier alpha value is -1.91. The number of hydrogen-bond acceptors (Lipinski definition) is 3. The summed E-state index contributed by atoms with van der Waals surface area (Å²) in [7, 11) is 1.45. The van der Waals surface area contributed by atoms with Crippen LogP contribution in [-0.2, 0) is 6.42 Å². The maximum atomic E-state index is 13.8. The zero-order valence-corrected chi connectivity index (χ0v) is 11.7. The average Bonchev–Trinajstić information content (AvgIpc) is 2.44. The van der Waals surface area contributed by atoms with E-state index in [2.05, 4.69) is 11.5 Å². The molecule has 0 aliphatic rings. The highest BCUT2D eigenvalue weighted by atomic mass is 19.1. The van der Waals surface area contributed by atoms with Gasteiger partial charge in [-0.1, -0.05) is 35.9 Å². The van der Waals surface area contributed by atoms with Crippen LogP contribution in [-0.4, -0.2) is 7.11 Å². The third-order valence-corrected chi connectivity index (χ3v) is 3.30. The zero-order valence-electron chi connectivity index (χ0n) is 11.7. The van der Waals surface area contributed by atoms with Crippen molar-refractivity contribution in [2.24, 2.45) is 5.84 Å². The van der Waals surface area contributed by atoms with Crippen molar-refractivity contribution in [3.05, 3.63) is 65.0 Å². The molecule has 1 unspecified atom stereocenters. The normalized spacial score (nSPS) is 12.2. The summed E-state index contributed by atoms with van der Waals surface area (Å²) in [6, 6.07) is 12.9. The number of hydrogen-bond donors (Lipinski definition) is 2. The van der Waals surface area contributed by atoms with E-state index in [9.17, 15) is 4.39 Å². The maximum Gasteiger partial charge on any atom is 0.165 e. The number of methoxy groups -OCH3 is 1. The maximum absolute atomic E-state index is 13.8. The number of rotatable bonds is 5. The van der Waals surface area contributed by atoms with Crippen LogP contribution in [0.1, 0.15) is 22.7 Å². The molecule has 4 heteroatoms. The first-order valence-corrected chi connectivity index (χ1v) is 6.49. The number of hydrazine groups is 1. The van der Waals surface area contributed by atoms with E-state index in [1.54, 1.807) is 6.07 Å². The lowest BCUT2D eigenvalue weighted by Crippen LogP contribution is -2.29. The first-order chi connectivity index (χ1) is 9.63. The summed E-state index contributed by atoms with van der Waals surface area (Å²) < 4.78 is 18.7. The van der Waals surface area contributed by atoms with Gasteiger partial charge in [0.1, 0.15) is 0 Å². The predicted octanol–water partition coefficient (Wildman–Crippen LogP) is 2.89. The fraction of sp³-hybridized carbons (Fsp3) is 0.250. The summed E-state index contributed by atoms with van der Waals surface area (Å²) in [5.41, 5.74) is 5.89. The molecule has 20 heavy (non-hydrogen) atoms. The highest BCUT2D eigenvalue weighted by Crippen LogP contribution is 2.24. The Morgan fingerprint density at radius 3 is 2.65 bits per heavy atom. The molecule has 0 spiro atoms. The van der Waals surface area contributed by atoms with E-state index in [1.165, 1.54) is 18.7 Å². The SMILES string of the molecule is COc1ccc(C(Cc2cccc(C)c2)NN)cc1F. The molecule has 1 atom stereocenters. The van der Waals surface area contributed by atoms with Gasteiger partial charge in [0.15, 0.2) is 11.6 Å². The Bertz CT molecular complexity index is 586. The van der Waals surface area contributed by atoms with Gasteiger partial charge >= 0.3 is 0 Å². The van der Waals surface area contributed by atoms with Gasteiger partial charge in [0.25, 0.3) is 0 Å². The molecule has 0 heterocycles. The molecule has 0 radical (unpaired) electrons. The van der Waals surface area contributed by atoms with E-state index in [0.717, 1.165) is 11.1 Å². The molecule has 2 aromatic carbocycles. The average molecular weight is 274 g/mol. The van der Waals surface area contributed by atoms with Gasteiger partial charge in [-0.2, -0.15) is 0 Å². The van der Waals surface area contributed by atoms with Crippen LogP contribution in [0.3, 0.4) is 0 Å². The van der Waals surface area contributed by atoms with E-state index in [-0.39, 0.29) is 17.6 Å². The summed E-state index contributed by atoms with van der Waals surface area (Å²) in [4.78, 5) is 0. The Balaban J connectivity index is 2.22. The van der Waals surface area contributed by atoms with Crippen LogP contribution in [0.5, 0.6) is 5.75 Å². The number of nitrogens with one attached hydrogen (secondary N) is 1. The molecule has 0 fully saturated rings. The second-order valence-corrected chi connectivity index (χ2v) is 4.81. The molecular formula is C16H19FN2O. The molecule has 2 aromatic rings. The minimum Gasteiger partial charge on any atom is -0.494 e. The summed E-state index contributed by atoms with van der Waals surface area (Å²) in [5, 5.41) is 0. The highest BCUT2D eigenvalue weighted by molar-refractivity contribution is 5.32. The van der Waals surface area contributed by atoms with E-state index in [0.29, 0.717) is 6.42 Å². The summed E-state index contributed by atoms with van der Waals surface area (Å²) in [6.45, 7) is 2.04. The molecule has 0 saturated heterocycles. The summed E-state index contributed by atoms with van der Waals surface area (Å²) in [5.74, 6) is 5.46. The Kier molecular flexibility index (Phi) is 4.71. The van der Waals surface area contributed by atoms with Crippen LogP contribution in [0, 0.1) is 12.7 Å². The van der Waals surface area contributed by atoms with Crippen molar-refractivity contribution in [2.75, 3.05) is 7.11 Å². The number of ether oxygens (including phenoxy) is 1. The van der Waals surface area contributed by atoms with Crippen molar-refractivity contribution in [1.82, 2.24) is 5.43 Å². The Morgan fingerprint density at radius 1 is 1.25 bits per heavy atom. The smallest absolute Gasteiger partial charge is 0.165 e. The van der Waals surface area contributed by atoms with E-state index < -0.39 is 0 Å². The van der Waals surface area contributed by atoms with E-state index >= 15 is 0 Å². The second kappa shape index (κ2) is 6.50. The molecule has 0 aliphatic heterocycles. The number of nitrogens with two attached hydrogens (primary N) is 1. The van der Waals surface area contributed by atoms with Crippen LogP contribution in [0.15, 0.2) is 42.5 Å². The van der Waals surface area contributed by atoms with Crippen molar-refractivity contribution in [3.63, 3.8) is 0 Å². The number of aryl methyl sites for hydroxylation is 1. The van der Waals surface area contributed by atoms with Crippen LogP contribution in [0.4, 0.5) is 4.39 Å². The lowest BCUT2D eigenvalue weighted by molar-refractivity contribution is 0.385. The van der Waals surface area contributed by atoms with Gasteiger partial charge in [0.05, 0.1) is 13.2 Å². The Labute approximate surface area is 118 Å². The van der Waals surface area contributed by atoms with Crippen LogP contribution in [0.25, 0.3) is 0 Å². The van der Waals surface area contributed by atoms with E-state index in [1.807, 2.05) is 31.2 Å². The van der Waals surface area contributed by atoms with Gasteiger partial charge in [-0.3, -0.25) is 11.3 Å². The monoisotopic (exact) mass is 274 g/mol. The molecule has 3 nitrogen and oxygen atoms in total. The summed E-state index contributed by atoms with van der Waals surface area (Å²) >= 11 is 0. The minimum absolute atomic E-state index is 0.141. The predicted molar refractivity (Wildman–Crippen MR) is 77.9 cm³/mol. The van der Waals surface area contributed by atoms with E-state index in [4.69, 9.17) is 10.6 Å². The third kappa shape index (κ3) is 3.35. The standard InChI is InChI=1S/C16H19FN2O/c1-11-4-3-5-12(8-11)9-15(19-18)13-6-7-16(20-2)14(17)10-13/h3-8,10,15,19H,9,18H2,1-2H3. The molecule has 0 bridgehead atoms. The number of benzene rings is 2. The number of halogens is 1. The van der Waals surface area contributed by atoms with Gasteiger partial charge in [-0.15, -0.1) is 0 Å². The topological polar surface area (TPSA) is 47.3 Å². The molecule has 0 saturated carbocycles. The lowest BCUT2D eigenvalue weighted by Gasteiger charge is -2.17. The third-order valence-electron chi connectivity index (χ3n) is 3.30. The summed E-state index contributed by atoms with van der Waals surface area (Å²) in [6.07, 6.45) is 0.698. The van der Waals surface area contributed by atoms with Gasteiger partial charge in [-0.25, -0.2) is 4.39 Å². The molecule has 0 amide bonds. The molecule has 2 rings (SSSR count). The molecule has 0 aliphatic carbocycles. The van der Waals surface area contributed by atoms with Gasteiger partial charge in [-0.05, 0) is 36.6 Å². The van der Waals surface area contributed by atoms with Gasteiger partial charge in [0, 0.05) is 0 Å². The van der Waals surface area contributed by atoms with Crippen molar-refractivity contribution in [2.45, 2.75) is 19.4 Å². The van der Waals surface area contributed by atoms with Gasteiger partial charge in [0.2, 0.25) is 0 Å². The Morgan fingerprint density at radius 2 is 2.05 bits per heavy atom. The van der Waals surface area contributed by atoms with Crippen LogP contribution >= 0.6 is 0 Å². The molecular weight excluding hydrogens is 255 g/mol. The van der Waals surface area contributed by atoms with Crippen molar-refractivity contribution in [1.29, 1.82) is 0 Å². The fourth-order valence-electron chi connectivity index (χ4n) is 2.25. The second-order valence-electron chi connectivity index (χ2n) is 4.81. The molecule has 0 aromatic heterocycles. The first-order valence-electron chi connectivity index (χ1n) is 6.49.